The maximum atomic E-state index is 12.8. The molecule has 1 aromatic rings. The highest BCUT2D eigenvalue weighted by Crippen LogP contribution is 2.42. The van der Waals surface area contributed by atoms with Gasteiger partial charge in [-0.3, -0.25) is 4.79 Å². The molecule has 132 valence electrons. The highest BCUT2D eigenvalue weighted by molar-refractivity contribution is 5.93. The van der Waals surface area contributed by atoms with Crippen molar-refractivity contribution in [1.29, 1.82) is 0 Å². The van der Waals surface area contributed by atoms with Crippen LogP contribution in [0, 0.1) is 24.7 Å². The highest BCUT2D eigenvalue weighted by atomic mass is 16.3. The number of hydrogen-bond donors (Lipinski definition) is 3. The Morgan fingerprint density at radius 3 is 2.46 bits per heavy atom. The molecule has 0 aromatic heterocycles. The summed E-state index contributed by atoms with van der Waals surface area (Å²) in [6, 6.07) is 3.95. The SMILES string of the molecule is Cc1cc(O)c(C(C)C)cc1NC(=O)C1CC2CCCC(C1)C2N. The van der Waals surface area contributed by atoms with Gasteiger partial charge in [0.2, 0.25) is 5.91 Å². The van der Waals surface area contributed by atoms with Crippen molar-refractivity contribution in [3.8, 4) is 5.75 Å². The van der Waals surface area contributed by atoms with Gasteiger partial charge in [-0.1, -0.05) is 20.3 Å². The summed E-state index contributed by atoms with van der Waals surface area (Å²) in [6.07, 6.45) is 5.41. The molecule has 0 heterocycles. The fraction of sp³-hybridized carbons (Fsp3) is 0.650. The van der Waals surface area contributed by atoms with E-state index in [-0.39, 0.29) is 23.8 Å². The van der Waals surface area contributed by atoms with E-state index < -0.39 is 0 Å². The van der Waals surface area contributed by atoms with Crippen molar-refractivity contribution in [3.63, 3.8) is 0 Å². The number of aryl methyl sites for hydroxylation is 1. The Balaban J connectivity index is 1.74. The molecule has 2 atom stereocenters. The van der Waals surface area contributed by atoms with Crippen LogP contribution in [0.15, 0.2) is 12.1 Å². The average molecular weight is 330 g/mol. The number of nitrogens with two attached hydrogens (primary N) is 1. The lowest BCUT2D eigenvalue weighted by atomic mass is 9.65. The van der Waals surface area contributed by atoms with Gasteiger partial charge in [0.1, 0.15) is 5.75 Å². The van der Waals surface area contributed by atoms with E-state index in [0.717, 1.165) is 42.5 Å². The number of phenolic OH excluding ortho intramolecular Hbond substituents is 1. The number of hydrogen-bond acceptors (Lipinski definition) is 3. The number of rotatable bonds is 3. The van der Waals surface area contributed by atoms with Gasteiger partial charge in [0.25, 0.3) is 0 Å². The summed E-state index contributed by atoms with van der Waals surface area (Å²) in [5.74, 6) is 1.70. The Hall–Kier alpha value is -1.55. The Morgan fingerprint density at radius 2 is 1.88 bits per heavy atom. The van der Waals surface area contributed by atoms with Crippen LogP contribution in [0.1, 0.15) is 63.0 Å². The zero-order valence-electron chi connectivity index (χ0n) is 15.0. The molecule has 2 unspecified atom stereocenters. The van der Waals surface area contributed by atoms with E-state index in [9.17, 15) is 9.90 Å². The monoisotopic (exact) mass is 330 g/mol. The zero-order chi connectivity index (χ0) is 17.4. The lowest BCUT2D eigenvalue weighted by Crippen LogP contribution is -2.48. The summed E-state index contributed by atoms with van der Waals surface area (Å²) in [4.78, 5) is 12.8. The Kier molecular flexibility index (Phi) is 4.86. The third-order valence-corrected chi connectivity index (χ3v) is 6.04. The minimum Gasteiger partial charge on any atom is -0.508 e. The molecule has 2 bridgehead atoms. The molecule has 4 nitrogen and oxygen atoms in total. The number of carbonyl (C=O) groups is 1. The van der Waals surface area contributed by atoms with E-state index in [1.165, 1.54) is 6.42 Å². The number of phenols is 1. The number of benzene rings is 1. The number of carbonyl (C=O) groups excluding carboxylic acids is 1. The predicted molar refractivity (Wildman–Crippen MR) is 97.1 cm³/mol. The predicted octanol–water partition coefficient (Wildman–Crippen LogP) is 3.92. The van der Waals surface area contributed by atoms with Gasteiger partial charge in [0.05, 0.1) is 0 Å². The lowest BCUT2D eigenvalue weighted by Gasteiger charge is -2.43. The minimum absolute atomic E-state index is 0.0656. The topological polar surface area (TPSA) is 75.3 Å². The van der Waals surface area contributed by atoms with Crippen LogP contribution in [0.2, 0.25) is 0 Å². The quantitative estimate of drug-likeness (QED) is 0.735. The van der Waals surface area contributed by atoms with Crippen LogP contribution in [0.4, 0.5) is 5.69 Å². The molecule has 4 heteroatoms. The number of anilines is 1. The molecule has 2 fully saturated rings. The van der Waals surface area contributed by atoms with E-state index in [1.54, 1.807) is 6.07 Å². The normalized spacial score (nSPS) is 29.5. The molecule has 0 aliphatic heterocycles. The Morgan fingerprint density at radius 1 is 1.25 bits per heavy atom. The summed E-state index contributed by atoms with van der Waals surface area (Å²) >= 11 is 0. The van der Waals surface area contributed by atoms with Gasteiger partial charge in [-0.05, 0) is 73.6 Å². The molecular formula is C20H30N2O2. The third-order valence-electron chi connectivity index (χ3n) is 6.04. The molecule has 0 saturated heterocycles. The maximum Gasteiger partial charge on any atom is 0.227 e. The van der Waals surface area contributed by atoms with E-state index in [1.807, 2.05) is 26.8 Å². The van der Waals surface area contributed by atoms with Crippen molar-refractivity contribution >= 4 is 11.6 Å². The van der Waals surface area contributed by atoms with Gasteiger partial charge in [-0.15, -0.1) is 0 Å². The molecular weight excluding hydrogens is 300 g/mol. The summed E-state index contributed by atoms with van der Waals surface area (Å²) in [6.45, 7) is 6.00. The van der Waals surface area contributed by atoms with Gasteiger partial charge in [-0.2, -0.15) is 0 Å². The Labute approximate surface area is 144 Å². The van der Waals surface area contributed by atoms with Gasteiger partial charge >= 0.3 is 0 Å². The lowest BCUT2D eigenvalue weighted by molar-refractivity contribution is -0.122. The second-order valence-corrected chi connectivity index (χ2v) is 8.07. The number of fused-ring (bicyclic) bond motifs is 2. The molecule has 4 N–H and O–H groups in total. The largest absolute Gasteiger partial charge is 0.508 e. The molecule has 2 aliphatic rings. The van der Waals surface area contributed by atoms with E-state index in [2.05, 4.69) is 5.32 Å². The summed E-state index contributed by atoms with van der Waals surface area (Å²) < 4.78 is 0. The fourth-order valence-corrected chi connectivity index (χ4v) is 4.54. The molecule has 2 aliphatic carbocycles. The zero-order valence-corrected chi connectivity index (χ0v) is 15.0. The van der Waals surface area contributed by atoms with E-state index >= 15 is 0 Å². The van der Waals surface area contributed by atoms with Crippen LogP contribution in [0.5, 0.6) is 5.75 Å². The molecule has 0 radical (unpaired) electrons. The standard InChI is InChI=1S/C20H30N2O2/c1-11(2)16-10-17(12(3)7-18(16)23)22-20(24)15-8-13-5-4-6-14(9-15)19(13)21/h7,10-11,13-15,19,23H,4-6,8-9,21H2,1-3H3,(H,22,24). The first-order valence-electron chi connectivity index (χ1n) is 9.26. The molecule has 3 rings (SSSR count). The summed E-state index contributed by atoms with van der Waals surface area (Å²) in [5.41, 5.74) is 8.93. The van der Waals surface area contributed by atoms with Crippen LogP contribution < -0.4 is 11.1 Å². The number of amides is 1. The first-order chi connectivity index (χ1) is 11.4. The summed E-state index contributed by atoms with van der Waals surface area (Å²) in [7, 11) is 0. The fourth-order valence-electron chi connectivity index (χ4n) is 4.54. The third kappa shape index (κ3) is 3.30. The van der Waals surface area contributed by atoms with Crippen molar-refractivity contribution in [2.75, 3.05) is 5.32 Å². The van der Waals surface area contributed by atoms with E-state index in [4.69, 9.17) is 5.73 Å². The van der Waals surface area contributed by atoms with Crippen molar-refractivity contribution in [2.24, 2.45) is 23.5 Å². The van der Waals surface area contributed by atoms with Crippen LogP contribution in [0.3, 0.4) is 0 Å². The molecule has 1 aromatic carbocycles. The van der Waals surface area contributed by atoms with Gasteiger partial charge < -0.3 is 16.2 Å². The number of nitrogens with one attached hydrogen (secondary N) is 1. The van der Waals surface area contributed by atoms with E-state index in [0.29, 0.717) is 17.6 Å². The first kappa shape index (κ1) is 17.3. The molecule has 1 amide bonds. The van der Waals surface area contributed by atoms with Crippen molar-refractivity contribution in [1.82, 2.24) is 0 Å². The minimum atomic E-state index is 0.0656. The van der Waals surface area contributed by atoms with Crippen LogP contribution in [0.25, 0.3) is 0 Å². The second kappa shape index (κ2) is 6.75. The molecule has 2 saturated carbocycles. The van der Waals surface area contributed by atoms with Crippen LogP contribution in [-0.2, 0) is 4.79 Å². The van der Waals surface area contributed by atoms with Crippen molar-refractivity contribution < 1.29 is 9.90 Å². The van der Waals surface area contributed by atoms with Crippen LogP contribution in [-0.4, -0.2) is 17.1 Å². The first-order valence-corrected chi connectivity index (χ1v) is 9.26. The van der Waals surface area contributed by atoms with Gasteiger partial charge in [0, 0.05) is 17.6 Å². The van der Waals surface area contributed by atoms with Gasteiger partial charge in [-0.25, -0.2) is 0 Å². The smallest absolute Gasteiger partial charge is 0.227 e. The highest BCUT2D eigenvalue weighted by Gasteiger charge is 2.40. The van der Waals surface area contributed by atoms with Crippen LogP contribution >= 0.6 is 0 Å². The van der Waals surface area contributed by atoms with Crippen molar-refractivity contribution in [3.05, 3.63) is 23.3 Å². The van der Waals surface area contributed by atoms with Crippen molar-refractivity contribution in [2.45, 2.75) is 64.8 Å². The maximum absolute atomic E-state index is 12.8. The summed E-state index contributed by atoms with van der Waals surface area (Å²) in [5, 5.41) is 13.2. The average Bonchev–Trinajstić information content (AvgIpc) is 2.49. The molecule has 0 spiro atoms. The van der Waals surface area contributed by atoms with Gasteiger partial charge in [0.15, 0.2) is 0 Å². The Bertz CT molecular complexity index is 612. The second-order valence-electron chi connectivity index (χ2n) is 8.07. The molecule has 24 heavy (non-hydrogen) atoms. The number of aromatic hydroxyl groups is 1.